The van der Waals surface area contributed by atoms with Gasteiger partial charge in [-0.3, -0.25) is 9.59 Å². The lowest BCUT2D eigenvalue weighted by molar-refractivity contribution is -0.121. The lowest BCUT2D eigenvalue weighted by Gasteiger charge is -2.10. The average molecular weight is 354 g/mol. The van der Waals surface area contributed by atoms with Gasteiger partial charge in [-0.1, -0.05) is 24.3 Å². The Morgan fingerprint density at radius 1 is 1.08 bits per heavy atom. The van der Waals surface area contributed by atoms with E-state index >= 15 is 0 Å². The maximum Gasteiger partial charge on any atom is 0.248 e. The molecule has 0 atom stereocenters. The number of ether oxygens (including phenoxy) is 1. The summed E-state index contributed by atoms with van der Waals surface area (Å²) in [6, 6.07) is 13.1. The van der Waals surface area contributed by atoms with Crippen molar-refractivity contribution in [2.24, 2.45) is 5.73 Å². The van der Waals surface area contributed by atoms with Gasteiger partial charge in [0.05, 0.1) is 6.61 Å². The van der Waals surface area contributed by atoms with Crippen LogP contribution in [0.2, 0.25) is 0 Å². The Kier molecular flexibility index (Phi) is 7.21. The van der Waals surface area contributed by atoms with Crippen LogP contribution >= 0.6 is 0 Å². The Hall–Kier alpha value is -2.82. The van der Waals surface area contributed by atoms with Gasteiger partial charge in [-0.25, -0.2) is 0 Å². The van der Waals surface area contributed by atoms with E-state index in [2.05, 4.69) is 11.4 Å². The highest BCUT2D eigenvalue weighted by molar-refractivity contribution is 5.92. The van der Waals surface area contributed by atoms with Gasteiger partial charge < -0.3 is 15.8 Å². The molecule has 0 bridgehead atoms. The molecule has 0 heterocycles. The van der Waals surface area contributed by atoms with Crippen molar-refractivity contribution in [3.8, 4) is 5.75 Å². The number of rotatable bonds is 9. The van der Waals surface area contributed by atoms with Crippen molar-refractivity contribution in [1.29, 1.82) is 0 Å². The van der Waals surface area contributed by atoms with E-state index in [4.69, 9.17) is 10.5 Å². The van der Waals surface area contributed by atoms with Gasteiger partial charge in [0.2, 0.25) is 11.8 Å². The van der Waals surface area contributed by atoms with Gasteiger partial charge in [-0.2, -0.15) is 0 Å². The molecule has 0 radical (unpaired) electrons. The lowest BCUT2D eigenvalue weighted by atomic mass is 10.1. The first-order chi connectivity index (χ1) is 12.5. The zero-order valence-corrected chi connectivity index (χ0v) is 15.4. The van der Waals surface area contributed by atoms with E-state index in [1.54, 1.807) is 18.2 Å². The number of carbonyl (C=O) groups is 2. The van der Waals surface area contributed by atoms with Crippen molar-refractivity contribution in [2.75, 3.05) is 6.61 Å². The van der Waals surface area contributed by atoms with Crippen molar-refractivity contribution in [3.63, 3.8) is 0 Å². The Morgan fingerprint density at radius 3 is 2.65 bits per heavy atom. The fraction of sp³-hybridized carbons (Fsp3) is 0.333. The molecule has 0 aliphatic heterocycles. The number of hydrogen-bond donors (Lipinski definition) is 2. The van der Waals surface area contributed by atoms with Crippen LogP contribution in [-0.4, -0.2) is 18.4 Å². The number of hydrogen-bond acceptors (Lipinski definition) is 3. The van der Waals surface area contributed by atoms with E-state index in [1.807, 2.05) is 32.0 Å². The van der Waals surface area contributed by atoms with Gasteiger partial charge in [0.25, 0.3) is 0 Å². The minimum Gasteiger partial charge on any atom is -0.493 e. The smallest absolute Gasteiger partial charge is 0.248 e. The monoisotopic (exact) mass is 354 g/mol. The summed E-state index contributed by atoms with van der Waals surface area (Å²) in [5, 5.41) is 2.86. The SMILES string of the molecule is Cc1ccc(C)c(OCCCCC(=O)NCc2cccc(C(N)=O)c2)c1. The maximum atomic E-state index is 11.9. The van der Waals surface area contributed by atoms with Crippen molar-refractivity contribution in [3.05, 3.63) is 64.7 Å². The summed E-state index contributed by atoms with van der Waals surface area (Å²) in [6.07, 6.45) is 2.03. The van der Waals surface area contributed by atoms with Gasteiger partial charge in [-0.15, -0.1) is 0 Å². The second-order valence-corrected chi connectivity index (χ2v) is 6.42. The summed E-state index contributed by atoms with van der Waals surface area (Å²) < 4.78 is 5.79. The number of unbranched alkanes of at least 4 members (excludes halogenated alkanes) is 1. The normalized spacial score (nSPS) is 10.4. The molecule has 5 nitrogen and oxygen atoms in total. The quantitative estimate of drug-likeness (QED) is 0.678. The minimum atomic E-state index is -0.470. The standard InChI is InChI=1S/C21H26N2O3/c1-15-9-10-16(2)19(12-15)26-11-4-3-8-20(24)23-14-17-6-5-7-18(13-17)21(22)25/h5-7,9-10,12-13H,3-4,8,11,14H2,1-2H3,(H2,22,25)(H,23,24). The Morgan fingerprint density at radius 2 is 1.88 bits per heavy atom. The third-order valence-electron chi connectivity index (χ3n) is 4.10. The van der Waals surface area contributed by atoms with Crippen LogP contribution in [0.5, 0.6) is 5.75 Å². The van der Waals surface area contributed by atoms with Crippen LogP contribution in [0.1, 0.15) is 46.3 Å². The average Bonchev–Trinajstić information content (AvgIpc) is 2.62. The van der Waals surface area contributed by atoms with Crippen molar-refractivity contribution in [2.45, 2.75) is 39.7 Å². The van der Waals surface area contributed by atoms with Crippen LogP contribution in [0.25, 0.3) is 0 Å². The second-order valence-electron chi connectivity index (χ2n) is 6.42. The number of nitrogens with one attached hydrogen (secondary N) is 1. The first-order valence-corrected chi connectivity index (χ1v) is 8.81. The van der Waals surface area contributed by atoms with E-state index in [-0.39, 0.29) is 5.91 Å². The predicted octanol–water partition coefficient (Wildman–Crippen LogP) is 3.27. The molecular weight excluding hydrogens is 328 g/mol. The molecule has 5 heteroatoms. The van der Waals surface area contributed by atoms with E-state index in [1.165, 1.54) is 5.56 Å². The van der Waals surface area contributed by atoms with Gasteiger partial charge in [-0.05, 0) is 61.6 Å². The molecule has 2 aromatic rings. The predicted molar refractivity (Wildman–Crippen MR) is 102 cm³/mol. The third-order valence-corrected chi connectivity index (χ3v) is 4.10. The summed E-state index contributed by atoms with van der Waals surface area (Å²) in [6.45, 7) is 5.04. The van der Waals surface area contributed by atoms with Gasteiger partial charge in [0, 0.05) is 18.5 Å². The fourth-order valence-corrected chi connectivity index (χ4v) is 2.56. The highest BCUT2D eigenvalue weighted by Gasteiger charge is 2.05. The lowest BCUT2D eigenvalue weighted by Crippen LogP contribution is -2.22. The number of primary amides is 1. The largest absolute Gasteiger partial charge is 0.493 e. The molecule has 0 aromatic heterocycles. The van der Waals surface area contributed by atoms with E-state index in [9.17, 15) is 9.59 Å². The van der Waals surface area contributed by atoms with Gasteiger partial charge in [0.15, 0.2) is 0 Å². The molecule has 0 fully saturated rings. The molecule has 3 N–H and O–H groups in total. The summed E-state index contributed by atoms with van der Waals surface area (Å²) >= 11 is 0. The summed E-state index contributed by atoms with van der Waals surface area (Å²) in [5.74, 6) is 0.423. The van der Waals surface area contributed by atoms with Crippen molar-refractivity contribution < 1.29 is 14.3 Å². The van der Waals surface area contributed by atoms with Crippen LogP contribution in [-0.2, 0) is 11.3 Å². The van der Waals surface area contributed by atoms with Gasteiger partial charge >= 0.3 is 0 Å². The van der Waals surface area contributed by atoms with Crippen LogP contribution in [0, 0.1) is 13.8 Å². The van der Waals surface area contributed by atoms with Crippen LogP contribution in [0.15, 0.2) is 42.5 Å². The Balaban J connectivity index is 1.65. The molecule has 2 rings (SSSR count). The molecule has 0 saturated heterocycles. The number of amides is 2. The molecule has 26 heavy (non-hydrogen) atoms. The molecular formula is C21H26N2O3. The van der Waals surface area contributed by atoms with Crippen molar-refractivity contribution >= 4 is 11.8 Å². The molecule has 138 valence electrons. The van der Waals surface area contributed by atoms with Crippen LogP contribution in [0.3, 0.4) is 0 Å². The molecule has 0 unspecified atom stereocenters. The van der Waals surface area contributed by atoms with E-state index in [0.29, 0.717) is 25.1 Å². The Bertz CT molecular complexity index is 772. The minimum absolute atomic E-state index is 0.0128. The topological polar surface area (TPSA) is 81.4 Å². The molecule has 0 aliphatic carbocycles. The maximum absolute atomic E-state index is 11.9. The third kappa shape index (κ3) is 6.24. The first-order valence-electron chi connectivity index (χ1n) is 8.81. The number of aryl methyl sites for hydroxylation is 2. The molecule has 0 spiro atoms. The van der Waals surface area contributed by atoms with E-state index in [0.717, 1.165) is 29.7 Å². The zero-order valence-electron chi connectivity index (χ0n) is 15.4. The molecule has 0 saturated carbocycles. The first kappa shape index (κ1) is 19.5. The highest BCUT2D eigenvalue weighted by atomic mass is 16.5. The number of benzene rings is 2. The van der Waals surface area contributed by atoms with Crippen molar-refractivity contribution in [1.82, 2.24) is 5.32 Å². The van der Waals surface area contributed by atoms with E-state index < -0.39 is 5.91 Å². The summed E-state index contributed by atoms with van der Waals surface area (Å²) in [4.78, 5) is 23.1. The zero-order chi connectivity index (χ0) is 18.9. The highest BCUT2D eigenvalue weighted by Crippen LogP contribution is 2.19. The van der Waals surface area contributed by atoms with Crippen LogP contribution in [0.4, 0.5) is 0 Å². The fourth-order valence-electron chi connectivity index (χ4n) is 2.56. The number of nitrogens with two attached hydrogens (primary N) is 1. The molecule has 0 aliphatic rings. The molecule has 2 amide bonds. The summed E-state index contributed by atoms with van der Waals surface area (Å²) in [7, 11) is 0. The van der Waals surface area contributed by atoms with Gasteiger partial charge in [0.1, 0.15) is 5.75 Å². The number of carbonyl (C=O) groups excluding carboxylic acids is 2. The molecule has 2 aromatic carbocycles. The second kappa shape index (κ2) is 9.61. The van der Waals surface area contributed by atoms with Crippen LogP contribution < -0.4 is 15.8 Å². The summed E-state index contributed by atoms with van der Waals surface area (Å²) in [5.41, 5.74) is 8.84. The Labute approximate surface area is 154 Å².